The number of hydrogen-bond acceptors (Lipinski definition) is 4. The fourth-order valence-corrected chi connectivity index (χ4v) is 5.75. The van der Waals surface area contributed by atoms with Gasteiger partial charge in [0.15, 0.2) is 0 Å². The first-order chi connectivity index (χ1) is 19.1. The molecule has 3 aliphatic rings. The third-order valence-electron chi connectivity index (χ3n) is 8.71. The molecule has 2 fully saturated rings. The van der Waals surface area contributed by atoms with Crippen molar-refractivity contribution in [3.05, 3.63) is 59.8 Å². The van der Waals surface area contributed by atoms with Crippen LogP contribution in [0.3, 0.4) is 0 Å². The number of nitrogens with one attached hydrogen (secondary N) is 2. The molecule has 1 saturated heterocycles. The molecule has 5 rings (SSSR count). The van der Waals surface area contributed by atoms with E-state index in [4.69, 9.17) is 5.73 Å². The first-order valence-corrected chi connectivity index (χ1v) is 14.3. The molecule has 2 amide bonds. The molecule has 1 unspecified atom stereocenters. The number of carbonyl (C=O) groups is 2. The maximum absolute atomic E-state index is 13.0. The van der Waals surface area contributed by atoms with Crippen molar-refractivity contribution in [1.82, 2.24) is 14.7 Å². The molecule has 4 N–H and O–H groups in total. The molecule has 9 nitrogen and oxygen atoms in total. The quantitative estimate of drug-likeness (QED) is 0.428. The molecular weight excluding hydrogens is 502 g/mol. The Labute approximate surface area is 237 Å². The fourth-order valence-electron chi connectivity index (χ4n) is 5.75. The van der Waals surface area contributed by atoms with Crippen LogP contribution in [0.15, 0.2) is 53.7 Å². The summed E-state index contributed by atoms with van der Waals surface area (Å²) in [7, 11) is 4.02. The predicted octanol–water partition coefficient (Wildman–Crippen LogP) is 3.39. The second-order valence-electron chi connectivity index (χ2n) is 12.1. The number of anilines is 1. The van der Waals surface area contributed by atoms with E-state index in [0.29, 0.717) is 24.5 Å². The smallest absolute Gasteiger partial charge is 0.332 e. The number of aromatic amines is 1. The monoisotopic (exact) mass is 544 g/mol. The van der Waals surface area contributed by atoms with Gasteiger partial charge in [-0.15, -0.1) is 0 Å². The van der Waals surface area contributed by atoms with Crippen molar-refractivity contribution in [2.24, 2.45) is 22.1 Å². The zero-order chi connectivity index (χ0) is 28.4. The number of aliphatic imine (C=N–C) groups is 1. The number of nitrogens with two attached hydrogens (primary N) is 1. The zero-order valence-electron chi connectivity index (χ0n) is 24.1. The number of H-pyrrole nitrogens is 1. The summed E-state index contributed by atoms with van der Waals surface area (Å²) in [6, 6.07) is 11.6. The molecule has 1 saturated carbocycles. The maximum Gasteiger partial charge on any atom is 0.332 e. The van der Waals surface area contributed by atoms with E-state index in [2.05, 4.69) is 47.2 Å². The summed E-state index contributed by atoms with van der Waals surface area (Å²) in [5.41, 5.74) is 9.96. The van der Waals surface area contributed by atoms with Gasteiger partial charge in [-0.05, 0) is 98.2 Å². The molecule has 1 aromatic heterocycles. The second kappa shape index (κ2) is 11.4. The normalized spacial score (nSPS) is 21.5. The minimum Gasteiger partial charge on any atom is -0.348 e. The topological polar surface area (TPSA) is 108 Å². The number of aromatic nitrogens is 1. The molecule has 0 spiro atoms. The first-order valence-electron chi connectivity index (χ1n) is 14.3. The van der Waals surface area contributed by atoms with Gasteiger partial charge in [0.2, 0.25) is 5.91 Å². The van der Waals surface area contributed by atoms with Gasteiger partial charge in [0.25, 0.3) is 5.91 Å². The third-order valence-corrected chi connectivity index (χ3v) is 8.71. The number of guanidine groups is 1. The molecule has 2 aromatic rings. The number of amides is 2. The minimum atomic E-state index is 0.0353. The third kappa shape index (κ3) is 6.20. The van der Waals surface area contributed by atoms with Gasteiger partial charge in [-0.1, -0.05) is 19.9 Å². The van der Waals surface area contributed by atoms with Crippen molar-refractivity contribution in [3.63, 3.8) is 0 Å². The maximum atomic E-state index is 13.0. The lowest BCUT2D eigenvalue weighted by Crippen LogP contribution is -2.44. The number of rotatable bonds is 6. The Bertz CT molecular complexity index is 1310. The van der Waals surface area contributed by atoms with Crippen LogP contribution in [0.2, 0.25) is 0 Å². The lowest BCUT2D eigenvalue weighted by Gasteiger charge is -2.35. The number of hydrogen-bond donors (Lipinski definition) is 2. The molecule has 9 heteroatoms. The number of pyridine rings is 1. The summed E-state index contributed by atoms with van der Waals surface area (Å²) in [6.45, 7) is 7.67. The van der Waals surface area contributed by atoms with Gasteiger partial charge < -0.3 is 25.8 Å². The van der Waals surface area contributed by atoms with Crippen molar-refractivity contribution in [3.8, 4) is 0 Å². The highest BCUT2D eigenvalue weighted by Gasteiger charge is 2.51. The summed E-state index contributed by atoms with van der Waals surface area (Å²) in [5, 5.41) is 3.14. The van der Waals surface area contributed by atoms with Gasteiger partial charge in [0, 0.05) is 43.3 Å². The number of carbonyl (C=O) groups excluding carboxylic acids is 2. The number of nitrogens with zero attached hydrogens (tertiary/aromatic N) is 4. The Balaban J connectivity index is 1.21. The summed E-state index contributed by atoms with van der Waals surface area (Å²) in [5.74, 6) is 1.37. The molecule has 2 aliphatic heterocycles. The van der Waals surface area contributed by atoms with E-state index in [-0.39, 0.29) is 35.1 Å². The van der Waals surface area contributed by atoms with Crippen LogP contribution < -0.4 is 16.0 Å². The van der Waals surface area contributed by atoms with Crippen LogP contribution >= 0.6 is 0 Å². The van der Waals surface area contributed by atoms with Gasteiger partial charge in [-0.25, -0.2) is 4.98 Å². The lowest BCUT2D eigenvalue weighted by molar-refractivity contribution is -0.362. The van der Waals surface area contributed by atoms with Crippen LogP contribution in [0, 0.1) is 11.3 Å². The van der Waals surface area contributed by atoms with Crippen LogP contribution in [-0.4, -0.2) is 78.8 Å². The van der Waals surface area contributed by atoms with Crippen molar-refractivity contribution >= 4 is 34.9 Å². The molecule has 1 aliphatic carbocycles. The summed E-state index contributed by atoms with van der Waals surface area (Å²) >= 11 is 0. The summed E-state index contributed by atoms with van der Waals surface area (Å²) in [4.78, 5) is 39.8. The van der Waals surface area contributed by atoms with Crippen molar-refractivity contribution in [1.29, 1.82) is 0 Å². The van der Waals surface area contributed by atoms with E-state index < -0.39 is 0 Å². The largest absolute Gasteiger partial charge is 0.348 e. The summed E-state index contributed by atoms with van der Waals surface area (Å²) < 4.78 is 0. The highest BCUT2D eigenvalue weighted by molar-refractivity contribution is 5.97. The molecule has 40 heavy (non-hydrogen) atoms. The molecule has 3 heterocycles. The Morgan fingerprint density at radius 3 is 2.45 bits per heavy atom. The van der Waals surface area contributed by atoms with E-state index in [0.717, 1.165) is 55.6 Å². The fraction of sp³-hybridized carbons (Fsp3) is 0.484. The second-order valence-corrected chi connectivity index (χ2v) is 12.1. The van der Waals surface area contributed by atoms with Crippen molar-refractivity contribution in [2.75, 3.05) is 45.6 Å². The standard InChI is InChI=1S/C31H41N7O2/c1-31(2)20-26(31)29(40)38-18-11-21(12-19-38)25-6-5-15-33-27(25)35-30(32)34-23-9-7-22(8-10-23)28(39)37(4)24-13-16-36(3)17-14-24/h5-11,15,24,26H,12-14,16-20H2,1-4H3,(H3,32,33,34,35)/p+1. The van der Waals surface area contributed by atoms with Gasteiger partial charge >= 0.3 is 11.8 Å². The molecule has 0 bridgehead atoms. The van der Waals surface area contributed by atoms with E-state index >= 15 is 0 Å². The number of benzene rings is 1. The van der Waals surface area contributed by atoms with E-state index in [9.17, 15) is 9.59 Å². The highest BCUT2D eigenvalue weighted by atomic mass is 16.2. The highest BCUT2D eigenvalue weighted by Crippen LogP contribution is 2.52. The van der Waals surface area contributed by atoms with Crippen LogP contribution in [0.25, 0.3) is 5.57 Å². The van der Waals surface area contributed by atoms with Crippen LogP contribution in [-0.2, 0) is 4.79 Å². The minimum absolute atomic E-state index is 0.0353. The van der Waals surface area contributed by atoms with Crippen LogP contribution in [0.5, 0.6) is 0 Å². The number of piperidine rings is 1. The van der Waals surface area contributed by atoms with Gasteiger partial charge in [-0.3, -0.25) is 9.59 Å². The Hall–Kier alpha value is -3.72. The van der Waals surface area contributed by atoms with Crippen molar-refractivity contribution < 1.29 is 14.6 Å². The van der Waals surface area contributed by atoms with Gasteiger partial charge in [-0.2, -0.15) is 0 Å². The average Bonchev–Trinajstić information content (AvgIpc) is 3.60. The number of likely N-dealkylation sites (tertiary alicyclic amines) is 1. The average molecular weight is 545 g/mol. The molecule has 1 aromatic carbocycles. The SMILES string of the molecule is CN1CCC(N(C)C(=O)c2ccc(N/C(N)=N/c3[nH+]cccc3C3=CCN(C(=O)C4CC4(C)C)CC3)cc2)CC1. The molecule has 212 valence electrons. The van der Waals surface area contributed by atoms with Gasteiger partial charge in [0.1, 0.15) is 0 Å². The van der Waals surface area contributed by atoms with Crippen LogP contribution in [0.4, 0.5) is 11.5 Å². The lowest BCUT2D eigenvalue weighted by atomic mass is 9.99. The van der Waals surface area contributed by atoms with Crippen LogP contribution in [0.1, 0.15) is 55.5 Å². The first kappa shape index (κ1) is 27.8. The van der Waals surface area contributed by atoms with Gasteiger partial charge in [0.05, 0.1) is 11.8 Å². The van der Waals surface area contributed by atoms with E-state index in [1.807, 2.05) is 59.4 Å². The molecule has 1 atom stereocenters. The molecular formula is C31H42N7O2+. The predicted molar refractivity (Wildman–Crippen MR) is 158 cm³/mol. The summed E-state index contributed by atoms with van der Waals surface area (Å²) in [6.07, 6.45) is 7.69. The van der Waals surface area contributed by atoms with E-state index in [1.54, 1.807) is 0 Å². The van der Waals surface area contributed by atoms with Crippen molar-refractivity contribution in [2.45, 2.75) is 45.6 Å². The Kier molecular flexibility index (Phi) is 7.94. The zero-order valence-corrected chi connectivity index (χ0v) is 24.1. The molecule has 0 radical (unpaired) electrons. The Morgan fingerprint density at radius 2 is 1.82 bits per heavy atom. The Morgan fingerprint density at radius 1 is 1.12 bits per heavy atom. The van der Waals surface area contributed by atoms with E-state index in [1.165, 1.54) is 0 Å².